The molecule has 28 heavy (non-hydrogen) atoms. The average Bonchev–Trinajstić information content (AvgIpc) is 2.98. The van der Waals surface area contributed by atoms with Gasteiger partial charge in [-0.05, 0) is 49.1 Å². The Hall–Kier alpha value is -2.76. The molecule has 1 amide bonds. The van der Waals surface area contributed by atoms with Gasteiger partial charge in [0.15, 0.2) is 23.1 Å². The van der Waals surface area contributed by atoms with E-state index >= 15 is 0 Å². The van der Waals surface area contributed by atoms with Crippen LogP contribution in [0.2, 0.25) is 0 Å². The van der Waals surface area contributed by atoms with Gasteiger partial charge in [0, 0.05) is 18.2 Å². The Morgan fingerprint density at radius 1 is 1.07 bits per heavy atom. The van der Waals surface area contributed by atoms with Crippen LogP contribution in [0.3, 0.4) is 0 Å². The normalized spacial score (nSPS) is 16.9. The van der Waals surface area contributed by atoms with Crippen LogP contribution in [-0.4, -0.2) is 30.7 Å². The molecule has 0 bridgehead atoms. The highest BCUT2D eigenvalue weighted by molar-refractivity contribution is 6.04. The van der Waals surface area contributed by atoms with Gasteiger partial charge >= 0.3 is 0 Å². The second-order valence-electron chi connectivity index (χ2n) is 7.33. The molecule has 1 aliphatic carbocycles. The summed E-state index contributed by atoms with van der Waals surface area (Å²) in [5, 5.41) is 2.87. The number of ether oxygens (including phenoxy) is 3. The maximum absolute atomic E-state index is 12.7. The zero-order valence-corrected chi connectivity index (χ0v) is 16.0. The lowest BCUT2D eigenvalue weighted by Gasteiger charge is -2.22. The second kappa shape index (κ2) is 8.95. The van der Waals surface area contributed by atoms with Crippen molar-refractivity contribution < 1.29 is 19.0 Å². The van der Waals surface area contributed by atoms with Crippen LogP contribution < -0.4 is 19.5 Å². The van der Waals surface area contributed by atoms with Gasteiger partial charge in [-0.15, -0.1) is 0 Å². The molecule has 1 N–H and O–H groups in total. The molecule has 0 spiro atoms. The van der Waals surface area contributed by atoms with E-state index in [1.165, 1.54) is 32.1 Å². The minimum atomic E-state index is -0.253. The molecule has 1 aliphatic heterocycles. The molecule has 148 valence electrons. The number of aromatic nitrogens is 1. The van der Waals surface area contributed by atoms with E-state index in [4.69, 9.17) is 14.2 Å². The van der Waals surface area contributed by atoms with E-state index in [1.807, 2.05) is 12.1 Å². The number of nitrogens with one attached hydrogen (secondary N) is 1. The van der Waals surface area contributed by atoms with Crippen LogP contribution >= 0.6 is 0 Å². The van der Waals surface area contributed by atoms with E-state index in [2.05, 4.69) is 10.3 Å². The van der Waals surface area contributed by atoms with Crippen LogP contribution in [0.4, 0.5) is 5.82 Å². The maximum atomic E-state index is 12.7. The molecule has 4 rings (SSSR count). The number of benzene rings is 1. The Bertz CT molecular complexity index is 818. The highest BCUT2D eigenvalue weighted by atomic mass is 16.5. The first-order valence-electron chi connectivity index (χ1n) is 10.1. The molecule has 0 atom stereocenters. The van der Waals surface area contributed by atoms with Gasteiger partial charge in [0.05, 0.1) is 19.8 Å². The van der Waals surface area contributed by atoms with E-state index < -0.39 is 0 Å². The van der Waals surface area contributed by atoms with Gasteiger partial charge in [0.1, 0.15) is 0 Å². The van der Waals surface area contributed by atoms with Crippen molar-refractivity contribution in [3.63, 3.8) is 0 Å². The van der Waals surface area contributed by atoms with Crippen LogP contribution in [0.1, 0.15) is 48.9 Å². The number of carbonyl (C=O) groups excluding carboxylic acids is 1. The summed E-state index contributed by atoms with van der Waals surface area (Å²) in [5.41, 5.74) is 0.494. The SMILES string of the molecule is O=C(Nc1ncccc1OCC1CCCCC1)c1ccc2c(c1)OCCCO2. The number of fused-ring (bicyclic) bond motifs is 1. The molecule has 1 fully saturated rings. The Morgan fingerprint density at radius 3 is 2.75 bits per heavy atom. The Kier molecular flexibility index (Phi) is 5.95. The highest BCUT2D eigenvalue weighted by Gasteiger charge is 2.18. The van der Waals surface area contributed by atoms with E-state index in [1.54, 1.807) is 24.4 Å². The Balaban J connectivity index is 1.43. The minimum absolute atomic E-state index is 0.253. The summed E-state index contributed by atoms with van der Waals surface area (Å²) >= 11 is 0. The first-order chi connectivity index (χ1) is 13.8. The molecule has 6 heteroatoms. The molecule has 1 saturated carbocycles. The summed E-state index contributed by atoms with van der Waals surface area (Å²) < 4.78 is 17.3. The third-order valence-electron chi connectivity index (χ3n) is 5.21. The maximum Gasteiger partial charge on any atom is 0.257 e. The summed E-state index contributed by atoms with van der Waals surface area (Å²) in [6, 6.07) is 8.88. The van der Waals surface area contributed by atoms with Crippen molar-refractivity contribution >= 4 is 11.7 Å². The summed E-state index contributed by atoms with van der Waals surface area (Å²) in [4.78, 5) is 17.0. The van der Waals surface area contributed by atoms with Crippen molar-refractivity contribution in [3.8, 4) is 17.2 Å². The highest BCUT2D eigenvalue weighted by Crippen LogP contribution is 2.31. The van der Waals surface area contributed by atoms with Crippen LogP contribution in [0.5, 0.6) is 17.2 Å². The first kappa shape index (κ1) is 18.6. The number of anilines is 1. The fourth-order valence-corrected chi connectivity index (χ4v) is 3.65. The lowest BCUT2D eigenvalue weighted by atomic mass is 9.90. The number of pyridine rings is 1. The standard InChI is InChI=1S/C22H26N2O4/c25-22(17-9-10-18-20(14-17)27-13-5-12-26-18)24-21-19(8-4-11-23-21)28-15-16-6-2-1-3-7-16/h4,8-11,14,16H,1-3,5-7,12-13,15H2,(H,23,24,25). The van der Waals surface area contributed by atoms with E-state index in [-0.39, 0.29) is 5.91 Å². The van der Waals surface area contributed by atoms with Crippen molar-refractivity contribution in [3.05, 3.63) is 42.1 Å². The quantitative estimate of drug-likeness (QED) is 0.827. The topological polar surface area (TPSA) is 69.7 Å². The van der Waals surface area contributed by atoms with Gasteiger partial charge in [-0.25, -0.2) is 4.98 Å². The van der Waals surface area contributed by atoms with Crippen molar-refractivity contribution in [2.24, 2.45) is 5.92 Å². The molecule has 2 aromatic rings. The number of amides is 1. The molecule has 0 saturated heterocycles. The van der Waals surface area contributed by atoms with Crippen molar-refractivity contribution in [1.29, 1.82) is 0 Å². The molecule has 0 unspecified atom stereocenters. The van der Waals surface area contributed by atoms with Crippen LogP contribution in [0, 0.1) is 5.92 Å². The molecule has 2 heterocycles. The third kappa shape index (κ3) is 4.55. The predicted molar refractivity (Wildman–Crippen MR) is 106 cm³/mol. The van der Waals surface area contributed by atoms with Crippen molar-refractivity contribution in [2.75, 3.05) is 25.1 Å². The fourth-order valence-electron chi connectivity index (χ4n) is 3.65. The zero-order valence-electron chi connectivity index (χ0n) is 16.0. The monoisotopic (exact) mass is 382 g/mol. The molecule has 0 radical (unpaired) electrons. The molecule has 1 aromatic heterocycles. The number of carbonyl (C=O) groups is 1. The van der Waals surface area contributed by atoms with Crippen LogP contribution in [0.25, 0.3) is 0 Å². The smallest absolute Gasteiger partial charge is 0.257 e. The number of rotatable bonds is 5. The predicted octanol–water partition coefficient (Wildman–Crippen LogP) is 4.45. The van der Waals surface area contributed by atoms with Gasteiger partial charge in [-0.1, -0.05) is 19.3 Å². The number of hydrogen-bond donors (Lipinski definition) is 1. The van der Waals surface area contributed by atoms with Gasteiger partial charge in [0.2, 0.25) is 0 Å². The molecule has 2 aliphatic rings. The molecule has 1 aromatic carbocycles. The molecule has 6 nitrogen and oxygen atoms in total. The molecular formula is C22H26N2O4. The average molecular weight is 382 g/mol. The van der Waals surface area contributed by atoms with Gasteiger partial charge < -0.3 is 19.5 Å². The summed E-state index contributed by atoms with van der Waals surface area (Å²) in [6.07, 6.45) is 8.75. The Labute approximate surface area is 165 Å². The van der Waals surface area contributed by atoms with E-state index in [0.717, 1.165) is 6.42 Å². The number of nitrogens with zero attached hydrogens (tertiary/aromatic N) is 1. The largest absolute Gasteiger partial charge is 0.490 e. The lowest BCUT2D eigenvalue weighted by Crippen LogP contribution is -2.17. The summed E-state index contributed by atoms with van der Waals surface area (Å²) in [7, 11) is 0. The second-order valence-corrected chi connectivity index (χ2v) is 7.33. The van der Waals surface area contributed by atoms with E-state index in [9.17, 15) is 4.79 Å². The summed E-state index contributed by atoms with van der Waals surface area (Å²) in [6.45, 7) is 1.87. The minimum Gasteiger partial charge on any atom is -0.490 e. The van der Waals surface area contributed by atoms with Gasteiger partial charge in [0.25, 0.3) is 5.91 Å². The van der Waals surface area contributed by atoms with Crippen LogP contribution in [-0.2, 0) is 0 Å². The van der Waals surface area contributed by atoms with E-state index in [0.29, 0.717) is 54.4 Å². The molecular weight excluding hydrogens is 356 g/mol. The number of hydrogen-bond acceptors (Lipinski definition) is 5. The fraction of sp³-hybridized carbons (Fsp3) is 0.455. The van der Waals surface area contributed by atoms with Crippen LogP contribution in [0.15, 0.2) is 36.5 Å². The van der Waals surface area contributed by atoms with Gasteiger partial charge in [-0.2, -0.15) is 0 Å². The van der Waals surface area contributed by atoms with Crippen molar-refractivity contribution in [2.45, 2.75) is 38.5 Å². The third-order valence-corrected chi connectivity index (χ3v) is 5.21. The first-order valence-corrected chi connectivity index (χ1v) is 10.1. The zero-order chi connectivity index (χ0) is 19.2. The van der Waals surface area contributed by atoms with Gasteiger partial charge in [-0.3, -0.25) is 4.79 Å². The Morgan fingerprint density at radius 2 is 1.89 bits per heavy atom. The lowest BCUT2D eigenvalue weighted by molar-refractivity contribution is 0.102. The summed E-state index contributed by atoms with van der Waals surface area (Å²) in [5.74, 6) is 2.64. The van der Waals surface area contributed by atoms with Crippen molar-refractivity contribution in [1.82, 2.24) is 4.98 Å².